The van der Waals surface area contributed by atoms with Crippen molar-refractivity contribution >= 4 is 11.6 Å². The van der Waals surface area contributed by atoms with E-state index in [2.05, 4.69) is 20.4 Å². The van der Waals surface area contributed by atoms with Crippen molar-refractivity contribution in [3.05, 3.63) is 63.7 Å². The van der Waals surface area contributed by atoms with E-state index in [-0.39, 0.29) is 24.5 Å². The molecule has 2 aromatic rings. The van der Waals surface area contributed by atoms with E-state index in [0.717, 1.165) is 6.42 Å². The van der Waals surface area contributed by atoms with Crippen molar-refractivity contribution in [2.45, 2.75) is 33.0 Å². The molecule has 0 fully saturated rings. The number of halogens is 2. The largest absolute Gasteiger partial charge is 0.493 e. The fourth-order valence-electron chi connectivity index (χ4n) is 2.61. The summed E-state index contributed by atoms with van der Waals surface area (Å²) in [7, 11) is 1.53. The van der Waals surface area contributed by atoms with E-state index in [1.165, 1.54) is 19.2 Å². The maximum atomic E-state index is 12.8. The van der Waals surface area contributed by atoms with Crippen LogP contribution in [0.25, 0.3) is 0 Å². The minimum Gasteiger partial charge on any atom is -0.493 e. The predicted molar refractivity (Wildman–Crippen MR) is 109 cm³/mol. The molecule has 0 unspecified atom stereocenters. The van der Waals surface area contributed by atoms with E-state index in [1.807, 2.05) is 6.92 Å². The standard InChI is InChI=1S/C20H24F2N4O4/c1-3-10-29-16-9-8-15(18(11-16)30-19(21)22)13-25-20(23-2)24-12-14-6-4-5-7-17(14)26(27)28/h4-9,11,19H,3,10,12-13H2,1-2H3,(H2,23,24,25). The molecule has 0 aliphatic heterocycles. The van der Waals surface area contributed by atoms with Gasteiger partial charge in [-0.05, 0) is 18.6 Å². The normalized spacial score (nSPS) is 11.3. The Balaban J connectivity index is 2.04. The first-order valence-corrected chi connectivity index (χ1v) is 9.32. The third-order valence-corrected chi connectivity index (χ3v) is 4.03. The molecule has 2 N–H and O–H groups in total. The molecule has 0 aliphatic carbocycles. The lowest BCUT2D eigenvalue weighted by molar-refractivity contribution is -0.385. The molecule has 0 aromatic heterocycles. The number of nitrogens with zero attached hydrogens (tertiary/aromatic N) is 2. The summed E-state index contributed by atoms with van der Waals surface area (Å²) < 4.78 is 35.6. The quantitative estimate of drug-likeness (QED) is 0.261. The molecular weight excluding hydrogens is 398 g/mol. The van der Waals surface area contributed by atoms with Gasteiger partial charge in [-0.2, -0.15) is 8.78 Å². The van der Waals surface area contributed by atoms with Gasteiger partial charge in [0.25, 0.3) is 5.69 Å². The van der Waals surface area contributed by atoms with Crippen LogP contribution < -0.4 is 20.1 Å². The lowest BCUT2D eigenvalue weighted by Gasteiger charge is -2.16. The van der Waals surface area contributed by atoms with Crippen LogP contribution >= 0.6 is 0 Å². The molecule has 2 rings (SSSR count). The molecule has 30 heavy (non-hydrogen) atoms. The van der Waals surface area contributed by atoms with Crippen molar-refractivity contribution < 1.29 is 23.2 Å². The summed E-state index contributed by atoms with van der Waals surface area (Å²) in [5.41, 5.74) is 0.966. The summed E-state index contributed by atoms with van der Waals surface area (Å²) in [6.07, 6.45) is 0.788. The van der Waals surface area contributed by atoms with E-state index in [9.17, 15) is 18.9 Å². The van der Waals surface area contributed by atoms with Gasteiger partial charge in [0.2, 0.25) is 0 Å². The van der Waals surface area contributed by atoms with Crippen LogP contribution in [0.5, 0.6) is 11.5 Å². The maximum Gasteiger partial charge on any atom is 0.387 e. The molecule has 0 aliphatic rings. The first kappa shape index (κ1) is 22.9. The van der Waals surface area contributed by atoms with E-state index in [0.29, 0.717) is 29.4 Å². The summed E-state index contributed by atoms with van der Waals surface area (Å²) in [4.78, 5) is 14.7. The second kappa shape index (κ2) is 11.5. The van der Waals surface area contributed by atoms with Crippen LogP contribution in [0.4, 0.5) is 14.5 Å². The Labute approximate surface area is 173 Å². The lowest BCUT2D eigenvalue weighted by Crippen LogP contribution is -2.36. The first-order chi connectivity index (χ1) is 14.4. The van der Waals surface area contributed by atoms with E-state index >= 15 is 0 Å². The topological polar surface area (TPSA) is 98.0 Å². The van der Waals surface area contributed by atoms with Crippen molar-refractivity contribution in [3.63, 3.8) is 0 Å². The number of guanidine groups is 1. The lowest BCUT2D eigenvalue weighted by atomic mass is 10.2. The van der Waals surface area contributed by atoms with Crippen LogP contribution in [0.3, 0.4) is 0 Å². The van der Waals surface area contributed by atoms with Crippen molar-refractivity contribution in [1.82, 2.24) is 10.6 Å². The fourth-order valence-corrected chi connectivity index (χ4v) is 2.61. The number of nitro benzene ring substituents is 1. The molecule has 162 valence electrons. The van der Waals surface area contributed by atoms with E-state index in [1.54, 1.807) is 30.3 Å². The van der Waals surface area contributed by atoms with Gasteiger partial charge in [-0.1, -0.05) is 25.1 Å². The summed E-state index contributed by atoms with van der Waals surface area (Å²) >= 11 is 0. The van der Waals surface area contributed by atoms with Gasteiger partial charge in [0.15, 0.2) is 5.96 Å². The number of hydrogen-bond donors (Lipinski definition) is 2. The zero-order valence-electron chi connectivity index (χ0n) is 16.7. The molecule has 2 aromatic carbocycles. The van der Waals surface area contributed by atoms with Crippen LogP contribution in [0.1, 0.15) is 24.5 Å². The number of ether oxygens (including phenoxy) is 2. The van der Waals surface area contributed by atoms with Gasteiger partial charge in [-0.25, -0.2) is 0 Å². The maximum absolute atomic E-state index is 12.8. The Hall–Kier alpha value is -3.43. The third-order valence-electron chi connectivity index (χ3n) is 4.03. The molecule has 0 bridgehead atoms. The molecule has 0 radical (unpaired) electrons. The number of nitro groups is 1. The molecule has 0 saturated heterocycles. The number of aliphatic imine (C=N–C) groups is 1. The Bertz CT molecular complexity index is 878. The molecule has 0 amide bonds. The molecule has 0 atom stereocenters. The zero-order chi connectivity index (χ0) is 21.9. The molecule has 0 heterocycles. The number of nitrogens with one attached hydrogen (secondary N) is 2. The van der Waals surface area contributed by atoms with Gasteiger partial charge in [-0.3, -0.25) is 15.1 Å². The number of alkyl halides is 2. The Morgan fingerprint density at radius 1 is 1.17 bits per heavy atom. The van der Waals surface area contributed by atoms with Gasteiger partial charge in [0.05, 0.1) is 11.5 Å². The summed E-state index contributed by atoms with van der Waals surface area (Å²) in [6.45, 7) is -0.250. The smallest absolute Gasteiger partial charge is 0.387 e. The van der Waals surface area contributed by atoms with Gasteiger partial charge >= 0.3 is 6.61 Å². The van der Waals surface area contributed by atoms with Crippen molar-refractivity contribution in [3.8, 4) is 11.5 Å². The molecule has 0 saturated carbocycles. The summed E-state index contributed by atoms with van der Waals surface area (Å²) in [6, 6.07) is 11.1. The van der Waals surface area contributed by atoms with Gasteiger partial charge in [0.1, 0.15) is 11.5 Å². The Kier molecular flexibility index (Phi) is 8.79. The van der Waals surface area contributed by atoms with Crippen LogP contribution in [0.15, 0.2) is 47.5 Å². The minimum atomic E-state index is -2.97. The van der Waals surface area contributed by atoms with Crippen molar-refractivity contribution in [2.24, 2.45) is 4.99 Å². The highest BCUT2D eigenvalue weighted by Gasteiger charge is 2.14. The van der Waals surface area contributed by atoms with Gasteiger partial charge in [-0.15, -0.1) is 0 Å². The van der Waals surface area contributed by atoms with Crippen LogP contribution in [-0.2, 0) is 13.1 Å². The first-order valence-electron chi connectivity index (χ1n) is 9.32. The molecule has 10 heteroatoms. The average molecular weight is 422 g/mol. The predicted octanol–water partition coefficient (Wildman–Crippen LogP) is 3.85. The third kappa shape index (κ3) is 6.87. The summed E-state index contributed by atoms with van der Waals surface area (Å²) in [5.74, 6) is 0.790. The highest BCUT2D eigenvalue weighted by Crippen LogP contribution is 2.26. The second-order valence-corrected chi connectivity index (χ2v) is 6.16. The number of para-hydroxylation sites is 1. The Morgan fingerprint density at radius 3 is 2.50 bits per heavy atom. The Morgan fingerprint density at radius 2 is 1.87 bits per heavy atom. The zero-order valence-corrected chi connectivity index (χ0v) is 16.7. The van der Waals surface area contributed by atoms with E-state index in [4.69, 9.17) is 4.74 Å². The average Bonchev–Trinajstić information content (AvgIpc) is 2.73. The van der Waals surface area contributed by atoms with Crippen LogP contribution in [0, 0.1) is 10.1 Å². The molecule has 8 nitrogen and oxygen atoms in total. The highest BCUT2D eigenvalue weighted by atomic mass is 19.3. The molecule has 0 spiro atoms. The molecular formula is C20H24F2N4O4. The van der Waals surface area contributed by atoms with E-state index < -0.39 is 11.5 Å². The highest BCUT2D eigenvalue weighted by molar-refractivity contribution is 5.79. The van der Waals surface area contributed by atoms with Gasteiger partial charge in [0, 0.05) is 43.4 Å². The number of hydrogen-bond acceptors (Lipinski definition) is 5. The monoisotopic (exact) mass is 422 g/mol. The summed E-state index contributed by atoms with van der Waals surface area (Å²) in [5, 5.41) is 17.1. The fraction of sp³-hybridized carbons (Fsp3) is 0.350. The number of rotatable bonds is 10. The van der Waals surface area contributed by atoms with Crippen LogP contribution in [-0.4, -0.2) is 31.1 Å². The van der Waals surface area contributed by atoms with Crippen molar-refractivity contribution in [2.75, 3.05) is 13.7 Å². The van der Waals surface area contributed by atoms with Gasteiger partial charge < -0.3 is 20.1 Å². The van der Waals surface area contributed by atoms with Crippen LogP contribution in [0.2, 0.25) is 0 Å². The SMILES string of the molecule is CCCOc1ccc(CNC(=NC)NCc2ccccc2[N+](=O)[O-])c(OC(F)F)c1. The minimum absolute atomic E-state index is 0.000235. The second-order valence-electron chi connectivity index (χ2n) is 6.16. The number of benzene rings is 2. The van der Waals surface area contributed by atoms with Crippen molar-refractivity contribution in [1.29, 1.82) is 0 Å².